The van der Waals surface area contributed by atoms with E-state index in [0.717, 1.165) is 16.0 Å². The number of benzene rings is 2. The summed E-state index contributed by atoms with van der Waals surface area (Å²) in [4.78, 5) is 1.12. The van der Waals surface area contributed by atoms with Crippen LogP contribution in [0.25, 0.3) is 16.7 Å². The van der Waals surface area contributed by atoms with Gasteiger partial charge in [0.25, 0.3) is 0 Å². The van der Waals surface area contributed by atoms with Gasteiger partial charge in [-0.05, 0) is 30.3 Å². The average molecular weight is 364 g/mol. The van der Waals surface area contributed by atoms with Crippen molar-refractivity contribution in [2.75, 3.05) is 10.5 Å². The van der Waals surface area contributed by atoms with E-state index in [2.05, 4.69) is 4.72 Å². The van der Waals surface area contributed by atoms with Crippen molar-refractivity contribution in [3.8, 4) is 11.1 Å². The number of hydrogen-bond donors (Lipinski definition) is 2. The van der Waals surface area contributed by atoms with Gasteiger partial charge in [0.15, 0.2) is 0 Å². The molecular formula is C19H19F3N2S. The molecule has 25 heavy (non-hydrogen) atoms. The van der Waals surface area contributed by atoms with Crippen LogP contribution in [0.2, 0.25) is 0 Å². The minimum absolute atomic E-state index is 0.0274. The quantitative estimate of drug-likeness (QED) is 0.500. The predicted molar refractivity (Wildman–Crippen MR) is 102 cm³/mol. The lowest BCUT2D eigenvalue weighted by molar-refractivity contribution is -0.0690. The Bertz CT molecular complexity index is 883. The van der Waals surface area contributed by atoms with Crippen molar-refractivity contribution in [3.63, 3.8) is 0 Å². The van der Waals surface area contributed by atoms with Crippen LogP contribution in [0, 0.1) is 0 Å². The molecule has 3 N–H and O–H groups in total. The fourth-order valence-corrected chi connectivity index (χ4v) is 4.56. The molecule has 0 aliphatic carbocycles. The van der Waals surface area contributed by atoms with Crippen LogP contribution in [0.5, 0.6) is 0 Å². The molecule has 2 aromatic carbocycles. The molecule has 2 nitrogen and oxygen atoms in total. The van der Waals surface area contributed by atoms with Crippen LogP contribution < -0.4 is 10.5 Å². The van der Waals surface area contributed by atoms with Gasteiger partial charge in [-0.25, -0.2) is 0 Å². The van der Waals surface area contributed by atoms with Gasteiger partial charge >= 0.3 is 6.18 Å². The molecule has 0 amide bonds. The summed E-state index contributed by atoms with van der Waals surface area (Å²) in [6.45, 7) is 3.61. The first-order chi connectivity index (χ1) is 11.9. The summed E-state index contributed by atoms with van der Waals surface area (Å²) in [5.41, 5.74) is 8.09. The summed E-state index contributed by atoms with van der Waals surface area (Å²) >= 11 is 0. The van der Waals surface area contributed by atoms with Crippen LogP contribution in [-0.2, 0) is 0 Å². The molecule has 1 unspecified atom stereocenters. The van der Waals surface area contributed by atoms with Crippen molar-refractivity contribution in [1.29, 1.82) is 0 Å². The van der Waals surface area contributed by atoms with Gasteiger partial charge in [0.1, 0.15) is 0 Å². The lowest BCUT2D eigenvalue weighted by atomic mass is 9.95. The minimum Gasteiger partial charge on any atom is -0.397 e. The molecule has 6 heteroatoms. The van der Waals surface area contributed by atoms with Crippen molar-refractivity contribution >= 4 is 33.0 Å². The van der Waals surface area contributed by atoms with Gasteiger partial charge in [-0.2, -0.15) is 13.2 Å². The van der Waals surface area contributed by atoms with E-state index in [9.17, 15) is 13.2 Å². The van der Waals surface area contributed by atoms with E-state index < -0.39 is 22.4 Å². The van der Waals surface area contributed by atoms with Gasteiger partial charge in [-0.1, -0.05) is 54.0 Å². The molecule has 0 saturated carbocycles. The van der Waals surface area contributed by atoms with Crippen molar-refractivity contribution in [2.45, 2.75) is 31.3 Å². The molecule has 132 valence electrons. The van der Waals surface area contributed by atoms with Crippen LogP contribution in [-0.4, -0.2) is 11.5 Å². The standard InChI is InChI=1S/C19H19F3N2S/c1-3-7-15(19(20,21)22)14-11-10-13-12-8-5-6-9-16(12)25(4-2)24-18(13)17(14)23/h4-11,24H,3,23H2,1-2H3/b15-7+. The van der Waals surface area contributed by atoms with Crippen LogP contribution in [0.15, 0.2) is 47.4 Å². The highest BCUT2D eigenvalue weighted by molar-refractivity contribution is 8.16. The van der Waals surface area contributed by atoms with E-state index in [4.69, 9.17) is 5.73 Å². The Kier molecular flexibility index (Phi) is 4.64. The number of nitrogen functional groups attached to an aromatic ring is 1. The number of anilines is 2. The molecule has 0 fully saturated rings. The monoisotopic (exact) mass is 364 g/mol. The average Bonchev–Trinajstić information content (AvgIpc) is 2.59. The number of nitrogens with one attached hydrogen (secondary N) is 1. The second-order valence-electron chi connectivity index (χ2n) is 5.64. The van der Waals surface area contributed by atoms with E-state index >= 15 is 0 Å². The second kappa shape index (κ2) is 6.59. The summed E-state index contributed by atoms with van der Waals surface area (Å²) in [5, 5.41) is 2.00. The largest absolute Gasteiger partial charge is 0.416 e. The Morgan fingerprint density at radius 1 is 1.16 bits per heavy atom. The van der Waals surface area contributed by atoms with E-state index in [-0.39, 0.29) is 17.7 Å². The van der Waals surface area contributed by atoms with E-state index in [1.54, 1.807) is 13.0 Å². The van der Waals surface area contributed by atoms with Crippen LogP contribution in [0.3, 0.4) is 0 Å². The van der Waals surface area contributed by atoms with Crippen molar-refractivity contribution < 1.29 is 13.2 Å². The lowest BCUT2D eigenvalue weighted by Gasteiger charge is -2.27. The molecule has 0 saturated heterocycles. The molecule has 1 heterocycles. The third-order valence-electron chi connectivity index (χ3n) is 4.11. The molecule has 1 aliphatic heterocycles. The molecule has 3 rings (SSSR count). The number of nitrogens with two attached hydrogens (primary N) is 1. The maximum atomic E-state index is 13.4. The number of fused-ring (bicyclic) bond motifs is 3. The Balaban J connectivity index is 2.25. The summed E-state index contributed by atoms with van der Waals surface area (Å²) in [6.07, 6.45) is -2.97. The first kappa shape index (κ1) is 17.6. The topological polar surface area (TPSA) is 38.0 Å². The van der Waals surface area contributed by atoms with Gasteiger partial charge in [0, 0.05) is 16.0 Å². The fraction of sp³-hybridized carbons (Fsp3) is 0.211. The summed E-state index contributed by atoms with van der Waals surface area (Å²) < 4.78 is 43.6. The Hall–Kier alpha value is -2.21. The van der Waals surface area contributed by atoms with Gasteiger partial charge in [-0.3, -0.25) is 0 Å². The van der Waals surface area contributed by atoms with Crippen molar-refractivity contribution in [3.05, 3.63) is 48.0 Å². The Morgan fingerprint density at radius 3 is 2.52 bits per heavy atom. The molecule has 0 bridgehead atoms. The van der Waals surface area contributed by atoms with Crippen molar-refractivity contribution in [1.82, 2.24) is 0 Å². The van der Waals surface area contributed by atoms with Gasteiger partial charge in [0.2, 0.25) is 0 Å². The smallest absolute Gasteiger partial charge is 0.397 e. The Labute approximate surface area is 147 Å². The van der Waals surface area contributed by atoms with Gasteiger partial charge in [-0.15, -0.1) is 0 Å². The number of alkyl halides is 3. The molecule has 2 aromatic rings. The molecule has 1 atom stereocenters. The number of rotatable bonds is 2. The molecule has 0 spiro atoms. The molecule has 0 aromatic heterocycles. The molecular weight excluding hydrogens is 345 g/mol. The summed E-state index contributed by atoms with van der Waals surface area (Å²) in [7, 11) is -0.400. The van der Waals surface area contributed by atoms with E-state index in [1.165, 1.54) is 12.1 Å². The van der Waals surface area contributed by atoms with E-state index in [1.807, 2.05) is 36.6 Å². The fourth-order valence-electron chi connectivity index (χ4n) is 3.00. The maximum absolute atomic E-state index is 13.4. The third-order valence-corrected chi connectivity index (χ3v) is 5.84. The highest BCUT2D eigenvalue weighted by Crippen LogP contribution is 2.50. The highest BCUT2D eigenvalue weighted by atomic mass is 32.2. The Morgan fingerprint density at radius 2 is 1.88 bits per heavy atom. The number of allylic oxidation sites excluding steroid dienone is 2. The zero-order valence-corrected chi connectivity index (χ0v) is 14.8. The molecule has 1 aliphatic rings. The summed E-state index contributed by atoms with van der Waals surface area (Å²) in [6, 6.07) is 11.1. The maximum Gasteiger partial charge on any atom is 0.416 e. The zero-order valence-electron chi connectivity index (χ0n) is 13.9. The van der Waals surface area contributed by atoms with E-state index in [0.29, 0.717) is 5.69 Å². The first-order valence-corrected chi connectivity index (χ1v) is 9.26. The van der Waals surface area contributed by atoms with Crippen LogP contribution >= 0.6 is 10.7 Å². The van der Waals surface area contributed by atoms with Gasteiger partial charge < -0.3 is 10.5 Å². The third kappa shape index (κ3) is 3.06. The SMILES string of the molecule is C/C=S1\Nc2c(ccc(/C(=C\CC)C(F)(F)F)c2N)-c2ccccc21. The first-order valence-electron chi connectivity index (χ1n) is 7.97. The number of hydrogen-bond acceptors (Lipinski definition) is 2. The zero-order chi connectivity index (χ0) is 18.2. The molecule has 0 radical (unpaired) electrons. The second-order valence-corrected chi connectivity index (χ2v) is 7.44. The lowest BCUT2D eigenvalue weighted by Crippen LogP contribution is -2.14. The highest BCUT2D eigenvalue weighted by Gasteiger charge is 2.36. The minimum atomic E-state index is -4.44. The van der Waals surface area contributed by atoms with Crippen LogP contribution in [0.4, 0.5) is 24.5 Å². The normalized spacial score (nSPS) is 17.0. The van der Waals surface area contributed by atoms with Crippen LogP contribution in [0.1, 0.15) is 25.8 Å². The van der Waals surface area contributed by atoms with Gasteiger partial charge in [0.05, 0.1) is 16.9 Å². The predicted octanol–water partition coefficient (Wildman–Crippen LogP) is 6.08. The summed E-state index contributed by atoms with van der Waals surface area (Å²) in [5.74, 6) is 0. The van der Waals surface area contributed by atoms with Crippen molar-refractivity contribution in [2.24, 2.45) is 0 Å². The number of halogens is 3.